The number of hydrogen-bond donors (Lipinski definition) is 5. The Balaban J connectivity index is 1.66. The van der Waals surface area contributed by atoms with Crippen LogP contribution in [0.4, 0.5) is 4.79 Å². The Hall–Kier alpha value is -3.11. The van der Waals surface area contributed by atoms with Crippen LogP contribution < -0.4 is 27.1 Å². The number of dihydropyridines is 2. The molecule has 39 heavy (non-hydrogen) atoms. The van der Waals surface area contributed by atoms with Crippen LogP contribution in [0.25, 0.3) is 0 Å². The standard InChI is InChI=1S/C25H32N6.C5H9O2.Tl/c1-6-9-18(15-28-21(7-2)8-3)20-12-23-22(29-16-20)10-11-25(30-23)31-24(27)13-19(14-26)17(4)5;1-5(2,3)7-4-6;/h9-17,21,26,28-30H,1-3,7-8H2,4-5H3,(H2,27,31);1-3H3;/p+1. The first-order chi connectivity index (χ1) is 18.5. The van der Waals surface area contributed by atoms with Gasteiger partial charge in [-0.05, 0) is 12.0 Å². The average molecular weight is 723 g/mol. The van der Waals surface area contributed by atoms with Gasteiger partial charge in [0, 0.05) is 5.57 Å². The van der Waals surface area contributed by atoms with Gasteiger partial charge in [0.05, 0.1) is 0 Å². The molecule has 0 aromatic carbocycles. The molecule has 9 heteroatoms. The molecule has 0 spiro atoms. The molecule has 0 unspecified atom stereocenters. The van der Waals surface area contributed by atoms with E-state index in [1.54, 1.807) is 12.3 Å². The van der Waals surface area contributed by atoms with E-state index in [1.807, 2.05) is 51.4 Å². The third-order valence-electron chi connectivity index (χ3n) is 6.60. The molecule has 3 heterocycles. The van der Waals surface area contributed by atoms with Gasteiger partial charge in [-0.25, -0.2) is 0 Å². The summed E-state index contributed by atoms with van der Waals surface area (Å²) >= 11 is -2.43. The average Bonchev–Trinajstić information content (AvgIpc) is 2.88. The van der Waals surface area contributed by atoms with Crippen molar-refractivity contribution in [3.8, 4) is 0 Å². The van der Waals surface area contributed by atoms with Crippen LogP contribution in [0.2, 0.25) is 7.96 Å². The molecule has 0 aliphatic carbocycles. The van der Waals surface area contributed by atoms with Gasteiger partial charge >= 0.3 is 187 Å². The summed E-state index contributed by atoms with van der Waals surface area (Å²) in [6.45, 7) is 13.7. The zero-order valence-corrected chi connectivity index (χ0v) is 28.3. The Labute approximate surface area is 241 Å². The van der Waals surface area contributed by atoms with Crippen molar-refractivity contribution < 1.29 is 14.9 Å². The van der Waals surface area contributed by atoms with Crippen molar-refractivity contribution in [3.05, 3.63) is 89.0 Å². The van der Waals surface area contributed by atoms with E-state index in [4.69, 9.17) is 15.9 Å². The fraction of sp³-hybridized carbons (Fsp3) is 0.400. The van der Waals surface area contributed by atoms with Crippen LogP contribution in [0.3, 0.4) is 0 Å². The molecular weight excluding hydrogens is 681 g/mol. The van der Waals surface area contributed by atoms with Crippen molar-refractivity contribution in [2.75, 3.05) is 0 Å². The number of rotatable bonds is 9. The second kappa shape index (κ2) is 13.8. The molecule has 206 valence electrons. The summed E-state index contributed by atoms with van der Waals surface area (Å²) in [5.74, 6) is 1.27. The van der Waals surface area contributed by atoms with E-state index in [1.165, 1.54) is 0 Å². The molecule has 0 aromatic heterocycles. The maximum atomic E-state index is 12.5. The van der Waals surface area contributed by atoms with Gasteiger partial charge in [-0.1, -0.05) is 13.8 Å². The van der Waals surface area contributed by atoms with Crippen LogP contribution in [0, 0.1) is 5.92 Å². The zero-order chi connectivity index (χ0) is 28.6. The van der Waals surface area contributed by atoms with E-state index in [2.05, 4.69) is 53.2 Å². The van der Waals surface area contributed by atoms with Crippen molar-refractivity contribution in [3.63, 3.8) is 0 Å². The van der Waals surface area contributed by atoms with Crippen LogP contribution in [0.1, 0.15) is 47.5 Å². The number of fused-ring (bicyclic) bond motifs is 1. The van der Waals surface area contributed by atoms with Gasteiger partial charge in [-0.3, -0.25) is 5.41 Å². The van der Waals surface area contributed by atoms with Gasteiger partial charge in [-0.2, -0.15) is 0 Å². The molecule has 3 rings (SSSR count). The first-order valence-corrected chi connectivity index (χ1v) is 22.1. The Morgan fingerprint density at radius 2 is 2.03 bits per heavy atom. The number of ether oxygens (including phenoxy) is 1. The quantitative estimate of drug-likeness (QED) is 0.0817. The van der Waals surface area contributed by atoms with Crippen LogP contribution >= 0.6 is 0 Å². The van der Waals surface area contributed by atoms with Crippen LogP contribution in [0.5, 0.6) is 0 Å². The summed E-state index contributed by atoms with van der Waals surface area (Å²) in [6, 6.07) is 0.339. The van der Waals surface area contributed by atoms with Gasteiger partial charge < -0.3 is 5.73 Å². The fourth-order valence-electron chi connectivity index (χ4n) is 4.48. The van der Waals surface area contributed by atoms with Gasteiger partial charge in [0.25, 0.3) is 0 Å². The number of aliphatic imine (C=N–C) groups is 1. The predicted octanol–water partition coefficient (Wildman–Crippen LogP) is 3.44. The number of carbonyl (C=O) groups excluding carboxylic acids is 1. The monoisotopic (exact) mass is 723 g/mol. The normalized spacial score (nSPS) is 18.8. The van der Waals surface area contributed by atoms with E-state index in [0.29, 0.717) is 17.7 Å². The van der Waals surface area contributed by atoms with E-state index in [0.717, 1.165) is 48.9 Å². The minimum absolute atomic E-state index is 0.134. The second-order valence-corrected chi connectivity index (χ2v) is 23.0. The van der Waals surface area contributed by atoms with Crippen LogP contribution in [-0.2, 0) is 4.74 Å². The van der Waals surface area contributed by atoms with Crippen molar-refractivity contribution >= 4 is 38.3 Å². The van der Waals surface area contributed by atoms with E-state index in [9.17, 15) is 4.79 Å². The summed E-state index contributed by atoms with van der Waals surface area (Å²) in [5.41, 5.74) is 13.3. The number of carbonyl (C=O) groups is 1. The molecule has 7 N–H and O–H groups in total. The number of amidine groups is 1. The molecule has 3 aliphatic heterocycles. The number of nitrogens with one attached hydrogen (secondary N) is 3. The number of nitrogens with zero attached hydrogens (tertiary/aromatic N) is 1. The summed E-state index contributed by atoms with van der Waals surface area (Å²) in [7, 11) is 0. The fourth-order valence-corrected chi connectivity index (χ4v) is 15.7. The molecular formula is C30H42N6O2Tl+. The molecule has 0 amide bonds. The Kier molecular flexibility index (Phi) is 10.8. The maximum absolute atomic E-state index is 12.5. The summed E-state index contributed by atoms with van der Waals surface area (Å²) in [4.78, 5) is 17.0. The number of nitrogens with two attached hydrogens (primary N) is 2. The molecule has 3 aliphatic rings. The first kappa shape index (κ1) is 30.4. The van der Waals surface area contributed by atoms with Gasteiger partial charge in [0.1, 0.15) is 5.84 Å². The molecule has 8 nitrogen and oxygen atoms in total. The van der Waals surface area contributed by atoms with E-state index in [-0.39, 0.29) is 9.45 Å². The van der Waals surface area contributed by atoms with Crippen LogP contribution in [0.15, 0.2) is 94.0 Å². The Morgan fingerprint density at radius 3 is 2.64 bits per heavy atom. The molecule has 0 radical (unpaired) electrons. The Bertz CT molecular complexity index is 1230. The summed E-state index contributed by atoms with van der Waals surface area (Å²) in [6.07, 6.45) is 17.1. The molecule has 0 bridgehead atoms. The summed E-state index contributed by atoms with van der Waals surface area (Å²) in [5, 5.41) is 16.0. The summed E-state index contributed by atoms with van der Waals surface area (Å²) < 4.78 is 7.88. The molecule has 1 fully saturated rings. The molecule has 0 aromatic rings. The number of allylic oxidation sites excluding steroid dienone is 7. The molecule has 1 saturated heterocycles. The van der Waals surface area contributed by atoms with Crippen molar-refractivity contribution in [1.82, 2.24) is 16.0 Å². The third kappa shape index (κ3) is 9.25. The third-order valence-corrected chi connectivity index (χ3v) is 17.7. The van der Waals surface area contributed by atoms with E-state index < -0.39 is 28.3 Å². The van der Waals surface area contributed by atoms with Gasteiger partial charge in [0.15, 0.2) is 6.21 Å². The van der Waals surface area contributed by atoms with E-state index >= 15 is 0 Å². The van der Waals surface area contributed by atoms with Crippen molar-refractivity contribution in [2.45, 2.75) is 67.1 Å². The van der Waals surface area contributed by atoms with Crippen molar-refractivity contribution in [2.24, 2.45) is 16.6 Å². The topological polar surface area (TPSA) is 126 Å². The second-order valence-electron chi connectivity index (χ2n) is 11.3. The molecule has 0 saturated carbocycles. The van der Waals surface area contributed by atoms with Crippen molar-refractivity contribution in [1.29, 1.82) is 0 Å². The van der Waals surface area contributed by atoms with Gasteiger partial charge in [0.2, 0.25) is 0 Å². The van der Waals surface area contributed by atoms with Gasteiger partial charge in [-0.15, -0.1) is 0 Å². The SMILES string of the molecule is C=C=CC(=CNC1C[CH2][Tl]([C](=O)OC(C)(C)C)[CH2]C1)C1=CNC2=CC=C(N=C(N)C=C(C=[NH2+])C(C)C)NC2=C1. The molecule has 0 atom stereocenters. The minimum atomic E-state index is -2.43. The Morgan fingerprint density at radius 1 is 1.31 bits per heavy atom. The van der Waals surface area contributed by atoms with Crippen LogP contribution in [-0.4, -0.2) is 49.9 Å². The predicted molar refractivity (Wildman–Crippen MR) is 161 cm³/mol. The zero-order valence-electron chi connectivity index (χ0n) is 23.8. The first-order valence-electron chi connectivity index (χ1n) is 13.5. The number of hydrogen-bond acceptors (Lipinski definition) is 6.